The van der Waals surface area contributed by atoms with Gasteiger partial charge in [0.25, 0.3) is 0 Å². The second kappa shape index (κ2) is 7.09. The van der Waals surface area contributed by atoms with Crippen molar-refractivity contribution in [1.29, 1.82) is 0 Å². The van der Waals surface area contributed by atoms with Gasteiger partial charge in [0.15, 0.2) is 9.84 Å². The summed E-state index contributed by atoms with van der Waals surface area (Å²) >= 11 is 0. The number of amides is 1. The molecular formula is C17H30N2O3S. The molecule has 0 radical (unpaired) electrons. The van der Waals surface area contributed by atoms with Crippen LogP contribution in [0.1, 0.15) is 64.2 Å². The average molecular weight is 343 g/mol. The maximum absolute atomic E-state index is 12.3. The molecule has 0 aromatic carbocycles. The average Bonchev–Trinajstić information content (AvgIpc) is 3.01. The molecule has 3 fully saturated rings. The quantitative estimate of drug-likeness (QED) is 0.796. The minimum Gasteiger partial charge on any atom is -0.353 e. The summed E-state index contributed by atoms with van der Waals surface area (Å²) in [5.74, 6) is 0.871. The fourth-order valence-electron chi connectivity index (χ4n) is 4.93. The van der Waals surface area contributed by atoms with Gasteiger partial charge in [-0.05, 0) is 50.4 Å². The maximum Gasteiger partial charge on any atom is 0.221 e. The zero-order valence-corrected chi connectivity index (χ0v) is 14.7. The number of nitrogens with two attached hydrogens (primary N) is 1. The minimum absolute atomic E-state index is 0.00503. The summed E-state index contributed by atoms with van der Waals surface area (Å²) < 4.78 is 24.5. The van der Waals surface area contributed by atoms with Crippen LogP contribution >= 0.6 is 0 Å². The number of carbonyl (C=O) groups is 1. The van der Waals surface area contributed by atoms with E-state index in [-0.39, 0.29) is 35.4 Å². The molecule has 6 heteroatoms. The summed E-state index contributed by atoms with van der Waals surface area (Å²) in [6, 6.07) is 0.478. The number of rotatable bonds is 5. The van der Waals surface area contributed by atoms with Crippen molar-refractivity contribution in [3.63, 3.8) is 0 Å². The number of hydrogen-bond donors (Lipinski definition) is 2. The van der Waals surface area contributed by atoms with Crippen LogP contribution in [0.25, 0.3) is 0 Å². The molecule has 3 aliphatic rings. The van der Waals surface area contributed by atoms with Crippen LogP contribution in [0.3, 0.4) is 0 Å². The van der Waals surface area contributed by atoms with Gasteiger partial charge in [0.1, 0.15) is 0 Å². The van der Waals surface area contributed by atoms with Crippen molar-refractivity contribution in [1.82, 2.24) is 5.32 Å². The summed E-state index contributed by atoms with van der Waals surface area (Å²) in [7, 11) is -3.10. The monoisotopic (exact) mass is 342 g/mol. The van der Waals surface area contributed by atoms with E-state index >= 15 is 0 Å². The molecule has 0 aromatic heterocycles. The molecule has 0 saturated heterocycles. The lowest BCUT2D eigenvalue weighted by Crippen LogP contribution is -2.53. The Labute approximate surface area is 139 Å². The molecule has 5 nitrogen and oxygen atoms in total. The van der Waals surface area contributed by atoms with Crippen LogP contribution in [-0.2, 0) is 14.6 Å². The largest absolute Gasteiger partial charge is 0.353 e. The van der Waals surface area contributed by atoms with E-state index in [0.29, 0.717) is 11.8 Å². The van der Waals surface area contributed by atoms with Crippen molar-refractivity contribution in [2.75, 3.05) is 5.75 Å². The molecule has 3 aliphatic carbocycles. The van der Waals surface area contributed by atoms with Gasteiger partial charge in [-0.25, -0.2) is 8.42 Å². The number of nitrogens with one attached hydrogen (secondary N) is 1. The molecule has 0 spiro atoms. The third kappa shape index (κ3) is 4.08. The molecule has 0 aromatic rings. The summed E-state index contributed by atoms with van der Waals surface area (Å²) in [5, 5.41) is 2.94. The number of sulfone groups is 1. The Kier molecular flexibility index (Phi) is 5.31. The van der Waals surface area contributed by atoms with Gasteiger partial charge >= 0.3 is 0 Å². The normalized spacial score (nSPS) is 35.2. The predicted molar refractivity (Wildman–Crippen MR) is 90.6 cm³/mol. The van der Waals surface area contributed by atoms with Gasteiger partial charge in [0, 0.05) is 18.5 Å². The summed E-state index contributed by atoms with van der Waals surface area (Å²) in [6.45, 7) is 0. The van der Waals surface area contributed by atoms with Crippen LogP contribution in [0.15, 0.2) is 0 Å². The van der Waals surface area contributed by atoms with Crippen LogP contribution in [0.5, 0.6) is 0 Å². The SMILES string of the molecule is NC1CC2CCCC(C1)C2NC(=O)CCS(=O)(=O)C1CCCC1. The highest BCUT2D eigenvalue weighted by Gasteiger charge is 2.40. The lowest BCUT2D eigenvalue weighted by molar-refractivity contribution is -0.123. The first kappa shape index (κ1) is 17.2. The first-order chi connectivity index (χ1) is 11.0. The fourth-order valence-corrected chi connectivity index (χ4v) is 6.79. The molecule has 3 N–H and O–H groups in total. The number of fused-ring (bicyclic) bond motifs is 2. The van der Waals surface area contributed by atoms with Crippen LogP contribution in [-0.4, -0.2) is 37.4 Å². The third-order valence-corrected chi connectivity index (χ3v) is 8.39. The van der Waals surface area contributed by atoms with Crippen LogP contribution in [0.4, 0.5) is 0 Å². The van der Waals surface area contributed by atoms with Gasteiger partial charge in [-0.3, -0.25) is 4.79 Å². The van der Waals surface area contributed by atoms with Gasteiger partial charge < -0.3 is 11.1 Å². The van der Waals surface area contributed by atoms with Gasteiger partial charge in [-0.1, -0.05) is 19.3 Å². The van der Waals surface area contributed by atoms with Crippen molar-refractivity contribution in [2.24, 2.45) is 17.6 Å². The van der Waals surface area contributed by atoms with E-state index in [2.05, 4.69) is 5.32 Å². The Morgan fingerprint density at radius 3 is 2.22 bits per heavy atom. The third-order valence-electron chi connectivity index (χ3n) is 6.13. The number of hydrogen-bond acceptors (Lipinski definition) is 4. The Bertz CT molecular complexity index is 514. The van der Waals surface area contributed by atoms with Crippen LogP contribution in [0, 0.1) is 11.8 Å². The molecule has 23 heavy (non-hydrogen) atoms. The molecule has 2 bridgehead atoms. The zero-order chi connectivity index (χ0) is 16.4. The van der Waals surface area contributed by atoms with Crippen molar-refractivity contribution < 1.29 is 13.2 Å². The van der Waals surface area contributed by atoms with E-state index in [9.17, 15) is 13.2 Å². The lowest BCUT2D eigenvalue weighted by atomic mass is 9.67. The minimum atomic E-state index is -3.10. The highest BCUT2D eigenvalue weighted by molar-refractivity contribution is 7.92. The van der Waals surface area contributed by atoms with Gasteiger partial charge in [0.05, 0.1) is 11.0 Å². The van der Waals surface area contributed by atoms with Crippen molar-refractivity contribution in [3.05, 3.63) is 0 Å². The Morgan fingerprint density at radius 2 is 1.61 bits per heavy atom. The Hall–Kier alpha value is -0.620. The van der Waals surface area contributed by atoms with Gasteiger partial charge in [-0.2, -0.15) is 0 Å². The first-order valence-electron chi connectivity index (χ1n) is 9.22. The topological polar surface area (TPSA) is 89.3 Å². The Morgan fingerprint density at radius 1 is 1.00 bits per heavy atom. The smallest absolute Gasteiger partial charge is 0.221 e. The highest BCUT2D eigenvalue weighted by Crippen LogP contribution is 2.39. The second-order valence-electron chi connectivity index (χ2n) is 7.80. The summed E-state index contributed by atoms with van der Waals surface area (Å²) in [6.07, 6.45) is 9.13. The van der Waals surface area contributed by atoms with E-state index in [1.165, 1.54) is 6.42 Å². The zero-order valence-electron chi connectivity index (χ0n) is 13.9. The summed E-state index contributed by atoms with van der Waals surface area (Å²) in [4.78, 5) is 12.3. The predicted octanol–water partition coefficient (Wildman–Crippen LogP) is 1.76. The lowest BCUT2D eigenvalue weighted by Gasteiger charge is -2.45. The van der Waals surface area contributed by atoms with Crippen molar-refractivity contribution >= 4 is 15.7 Å². The summed E-state index contributed by atoms with van der Waals surface area (Å²) in [5.41, 5.74) is 6.11. The molecule has 1 amide bonds. The fraction of sp³-hybridized carbons (Fsp3) is 0.941. The molecule has 3 rings (SSSR count). The standard InChI is InChI=1S/C17H30N2O3S/c18-14-10-12-4-3-5-13(11-14)17(12)19-16(20)8-9-23(21,22)15-6-1-2-7-15/h12-15,17H,1-11,18H2,(H,19,20). The van der Waals surface area contributed by atoms with E-state index in [1.54, 1.807) is 0 Å². The van der Waals surface area contributed by atoms with E-state index in [0.717, 1.165) is 51.4 Å². The molecular weight excluding hydrogens is 312 g/mol. The number of carbonyl (C=O) groups excluding carboxylic acids is 1. The first-order valence-corrected chi connectivity index (χ1v) is 10.9. The Balaban J connectivity index is 1.51. The van der Waals surface area contributed by atoms with Crippen molar-refractivity contribution in [3.8, 4) is 0 Å². The molecule has 0 heterocycles. The van der Waals surface area contributed by atoms with E-state index in [1.807, 2.05) is 0 Å². The van der Waals surface area contributed by atoms with E-state index < -0.39 is 9.84 Å². The van der Waals surface area contributed by atoms with Crippen molar-refractivity contribution in [2.45, 2.75) is 81.5 Å². The molecule has 3 saturated carbocycles. The van der Waals surface area contributed by atoms with Crippen LogP contribution < -0.4 is 11.1 Å². The molecule has 2 unspecified atom stereocenters. The van der Waals surface area contributed by atoms with Crippen LogP contribution in [0.2, 0.25) is 0 Å². The molecule has 2 atom stereocenters. The maximum atomic E-state index is 12.3. The molecule has 0 aliphatic heterocycles. The second-order valence-corrected chi connectivity index (χ2v) is 10.2. The van der Waals surface area contributed by atoms with Gasteiger partial charge in [0.2, 0.25) is 5.91 Å². The molecule has 132 valence electrons. The van der Waals surface area contributed by atoms with E-state index in [4.69, 9.17) is 5.73 Å². The highest BCUT2D eigenvalue weighted by atomic mass is 32.2. The van der Waals surface area contributed by atoms with Gasteiger partial charge in [-0.15, -0.1) is 0 Å².